The smallest absolute Gasteiger partial charge is 0.254 e. The quantitative estimate of drug-likeness (QED) is 0.624. The highest BCUT2D eigenvalue weighted by atomic mass is 19.1. The number of carbonyl (C=O) groups is 1. The molecule has 164 valence electrons. The Bertz CT molecular complexity index is 1220. The van der Waals surface area contributed by atoms with Crippen LogP contribution in [0.15, 0.2) is 59.7 Å². The molecule has 1 amide bonds. The fourth-order valence-corrected chi connectivity index (χ4v) is 3.91. The van der Waals surface area contributed by atoms with Gasteiger partial charge in [-0.15, -0.1) is 0 Å². The summed E-state index contributed by atoms with van der Waals surface area (Å²) in [5.74, 6) is 0.825. The molecule has 8 nitrogen and oxygen atoms in total. The van der Waals surface area contributed by atoms with Gasteiger partial charge in [0.1, 0.15) is 12.4 Å². The average molecular weight is 436 g/mol. The number of aromatic nitrogens is 2. The van der Waals surface area contributed by atoms with Crippen LogP contribution in [0.4, 0.5) is 10.1 Å². The number of hydrogen-bond donors (Lipinski definition) is 0. The number of amides is 1. The second kappa shape index (κ2) is 8.33. The third-order valence-electron chi connectivity index (χ3n) is 5.68. The number of nitrogens with zero attached hydrogens (tertiary/aromatic N) is 4. The van der Waals surface area contributed by atoms with E-state index in [1.165, 1.54) is 23.0 Å². The lowest BCUT2D eigenvalue weighted by Gasteiger charge is -2.36. The lowest BCUT2D eigenvalue weighted by molar-refractivity contribution is -0.132. The number of halogens is 1. The van der Waals surface area contributed by atoms with Crippen LogP contribution in [0, 0.1) is 5.82 Å². The van der Waals surface area contributed by atoms with E-state index in [2.05, 4.69) is 4.98 Å². The molecule has 0 spiro atoms. The number of anilines is 1. The van der Waals surface area contributed by atoms with Gasteiger partial charge in [-0.25, -0.2) is 9.37 Å². The van der Waals surface area contributed by atoms with E-state index in [0.29, 0.717) is 49.1 Å². The van der Waals surface area contributed by atoms with Crippen molar-refractivity contribution >= 4 is 11.6 Å². The van der Waals surface area contributed by atoms with E-state index in [1.54, 1.807) is 41.3 Å². The van der Waals surface area contributed by atoms with Gasteiger partial charge in [0.2, 0.25) is 12.7 Å². The van der Waals surface area contributed by atoms with Crippen LogP contribution in [-0.4, -0.2) is 53.3 Å². The molecule has 9 heteroatoms. The topological polar surface area (TPSA) is 76.9 Å². The van der Waals surface area contributed by atoms with Crippen LogP contribution in [0.3, 0.4) is 0 Å². The minimum Gasteiger partial charge on any atom is -0.454 e. The summed E-state index contributed by atoms with van der Waals surface area (Å²) < 4.78 is 26.0. The van der Waals surface area contributed by atoms with Crippen molar-refractivity contribution in [2.45, 2.75) is 6.54 Å². The summed E-state index contributed by atoms with van der Waals surface area (Å²) in [5, 5.41) is 0. The highest BCUT2D eigenvalue weighted by Gasteiger charge is 2.23. The molecule has 3 aromatic rings. The fourth-order valence-electron chi connectivity index (χ4n) is 3.91. The largest absolute Gasteiger partial charge is 0.454 e. The molecule has 1 fully saturated rings. The Hall–Kier alpha value is -3.88. The minimum absolute atomic E-state index is 0.0903. The molecule has 2 aromatic carbocycles. The van der Waals surface area contributed by atoms with Crippen molar-refractivity contribution < 1.29 is 18.7 Å². The van der Waals surface area contributed by atoms with Crippen LogP contribution < -0.4 is 19.9 Å². The van der Waals surface area contributed by atoms with E-state index in [-0.39, 0.29) is 30.6 Å². The monoisotopic (exact) mass is 436 g/mol. The first-order chi connectivity index (χ1) is 15.6. The zero-order valence-corrected chi connectivity index (χ0v) is 17.2. The van der Waals surface area contributed by atoms with Crippen molar-refractivity contribution in [3.8, 4) is 22.8 Å². The number of para-hydroxylation sites is 1. The van der Waals surface area contributed by atoms with Gasteiger partial charge in [-0.2, -0.15) is 0 Å². The summed E-state index contributed by atoms with van der Waals surface area (Å²) >= 11 is 0. The average Bonchev–Trinajstić information content (AvgIpc) is 3.29. The van der Waals surface area contributed by atoms with Gasteiger partial charge in [0.25, 0.3) is 5.56 Å². The number of carbonyl (C=O) groups excluding carboxylic acids is 1. The molecule has 1 aromatic heterocycles. The molecule has 0 atom stereocenters. The second-order valence-electron chi connectivity index (χ2n) is 7.63. The SMILES string of the molecule is O=C(Cn1cnc(-c2ccc3c(c2)OCO3)cc1=O)N1CCN(c2ccccc2F)CC1. The van der Waals surface area contributed by atoms with Crippen molar-refractivity contribution in [1.29, 1.82) is 0 Å². The summed E-state index contributed by atoms with van der Waals surface area (Å²) in [6.07, 6.45) is 1.38. The highest BCUT2D eigenvalue weighted by molar-refractivity contribution is 5.76. The van der Waals surface area contributed by atoms with E-state index in [0.717, 1.165) is 5.56 Å². The number of benzene rings is 2. The number of piperazine rings is 1. The van der Waals surface area contributed by atoms with Gasteiger partial charge >= 0.3 is 0 Å². The maximum absolute atomic E-state index is 14.0. The molecule has 0 saturated carbocycles. The van der Waals surface area contributed by atoms with E-state index >= 15 is 0 Å². The third kappa shape index (κ3) is 3.89. The first-order valence-electron chi connectivity index (χ1n) is 10.3. The third-order valence-corrected chi connectivity index (χ3v) is 5.68. The maximum Gasteiger partial charge on any atom is 0.254 e. The maximum atomic E-state index is 14.0. The van der Waals surface area contributed by atoms with Crippen LogP contribution in [0.1, 0.15) is 0 Å². The normalized spacial score (nSPS) is 15.2. The molecule has 0 bridgehead atoms. The van der Waals surface area contributed by atoms with Crippen LogP contribution in [0.25, 0.3) is 11.3 Å². The summed E-state index contributed by atoms with van der Waals surface area (Å²) in [7, 11) is 0. The van der Waals surface area contributed by atoms with Crippen LogP contribution in [0.5, 0.6) is 11.5 Å². The van der Waals surface area contributed by atoms with Gasteiger partial charge in [0.05, 0.1) is 17.7 Å². The van der Waals surface area contributed by atoms with Gasteiger partial charge < -0.3 is 19.3 Å². The van der Waals surface area contributed by atoms with Crippen LogP contribution >= 0.6 is 0 Å². The Morgan fingerprint density at radius 3 is 2.56 bits per heavy atom. The van der Waals surface area contributed by atoms with Crippen LogP contribution in [-0.2, 0) is 11.3 Å². The fraction of sp³-hybridized carbons (Fsp3) is 0.261. The summed E-state index contributed by atoms with van der Waals surface area (Å²) in [5.41, 5.74) is 1.45. The van der Waals surface area contributed by atoms with Gasteiger partial charge in [-0.3, -0.25) is 14.2 Å². The molecular formula is C23H21FN4O4. The summed E-state index contributed by atoms with van der Waals surface area (Å²) in [4.78, 5) is 33.3. The molecular weight excluding hydrogens is 415 g/mol. The molecule has 2 aliphatic rings. The number of ether oxygens (including phenoxy) is 2. The Labute approximate surface area is 183 Å². The van der Waals surface area contributed by atoms with E-state index in [1.807, 2.05) is 4.90 Å². The summed E-state index contributed by atoms with van der Waals surface area (Å²) in [6.45, 7) is 2.07. The molecule has 0 N–H and O–H groups in total. The first kappa shape index (κ1) is 20.0. The molecule has 0 radical (unpaired) electrons. The number of hydrogen-bond acceptors (Lipinski definition) is 6. The van der Waals surface area contributed by atoms with Gasteiger partial charge in [0.15, 0.2) is 11.5 Å². The van der Waals surface area contributed by atoms with Crippen molar-refractivity contribution in [3.05, 3.63) is 71.0 Å². The van der Waals surface area contributed by atoms with Crippen molar-refractivity contribution in [3.63, 3.8) is 0 Å². The van der Waals surface area contributed by atoms with Gasteiger partial charge in [0, 0.05) is 37.8 Å². The molecule has 0 aliphatic carbocycles. The van der Waals surface area contributed by atoms with E-state index in [4.69, 9.17) is 9.47 Å². The first-order valence-corrected chi connectivity index (χ1v) is 10.3. The lowest BCUT2D eigenvalue weighted by atomic mass is 10.1. The minimum atomic E-state index is -0.314. The van der Waals surface area contributed by atoms with Crippen LogP contribution in [0.2, 0.25) is 0 Å². The predicted octanol–water partition coefficient (Wildman–Crippen LogP) is 2.13. The molecule has 0 unspecified atom stereocenters. The standard InChI is InChI=1S/C23H21FN4O4/c24-17-3-1-2-4-19(17)26-7-9-27(10-8-26)23(30)13-28-14-25-18(12-22(28)29)16-5-6-20-21(11-16)32-15-31-20/h1-6,11-12,14H,7-10,13,15H2. The lowest BCUT2D eigenvalue weighted by Crippen LogP contribution is -2.50. The Balaban J connectivity index is 1.23. The zero-order chi connectivity index (χ0) is 22.1. The van der Waals surface area contributed by atoms with Crippen molar-refractivity contribution in [2.75, 3.05) is 37.9 Å². The molecule has 32 heavy (non-hydrogen) atoms. The van der Waals surface area contributed by atoms with E-state index < -0.39 is 0 Å². The Morgan fingerprint density at radius 2 is 1.78 bits per heavy atom. The van der Waals surface area contributed by atoms with E-state index in [9.17, 15) is 14.0 Å². The Kier molecular flexibility index (Phi) is 5.22. The van der Waals surface area contributed by atoms with Crippen molar-refractivity contribution in [2.24, 2.45) is 0 Å². The zero-order valence-electron chi connectivity index (χ0n) is 17.2. The molecule has 3 heterocycles. The van der Waals surface area contributed by atoms with Gasteiger partial charge in [-0.05, 0) is 30.3 Å². The molecule has 5 rings (SSSR count). The highest BCUT2D eigenvalue weighted by Crippen LogP contribution is 2.35. The Morgan fingerprint density at radius 1 is 1.00 bits per heavy atom. The number of fused-ring (bicyclic) bond motifs is 1. The molecule has 1 saturated heterocycles. The summed E-state index contributed by atoms with van der Waals surface area (Å²) in [6, 6.07) is 13.4. The van der Waals surface area contributed by atoms with Gasteiger partial charge in [-0.1, -0.05) is 12.1 Å². The number of rotatable bonds is 4. The predicted molar refractivity (Wildman–Crippen MR) is 115 cm³/mol. The van der Waals surface area contributed by atoms with Crippen molar-refractivity contribution in [1.82, 2.24) is 14.5 Å². The second-order valence-corrected chi connectivity index (χ2v) is 7.63. The molecule has 2 aliphatic heterocycles.